The summed E-state index contributed by atoms with van der Waals surface area (Å²) in [5.41, 5.74) is 2.29. The minimum Gasteiger partial charge on any atom is -0.312 e. The van der Waals surface area contributed by atoms with Crippen LogP contribution in [0.15, 0.2) is 18.2 Å². The van der Waals surface area contributed by atoms with Crippen LogP contribution in [0.25, 0.3) is 0 Å². The second kappa shape index (κ2) is 3.29. The highest BCUT2D eigenvalue weighted by Gasteiger charge is 2.26. The Morgan fingerprint density at radius 1 is 1.54 bits per heavy atom. The third kappa shape index (κ3) is 1.35. The summed E-state index contributed by atoms with van der Waals surface area (Å²) in [6.07, 6.45) is 0.572. The van der Waals surface area contributed by atoms with E-state index in [0.29, 0.717) is 6.42 Å². The van der Waals surface area contributed by atoms with Crippen LogP contribution in [0.5, 0.6) is 0 Å². The average molecular weight is 287 g/mol. The lowest BCUT2D eigenvalue weighted by Crippen LogP contribution is -2.25. The van der Waals surface area contributed by atoms with Gasteiger partial charge < -0.3 is 4.90 Å². The molecule has 0 N–H and O–H groups in total. The van der Waals surface area contributed by atoms with Crippen LogP contribution in [0.1, 0.15) is 12.5 Å². The van der Waals surface area contributed by atoms with E-state index >= 15 is 0 Å². The maximum Gasteiger partial charge on any atom is 0.231 e. The van der Waals surface area contributed by atoms with Gasteiger partial charge in [-0.1, -0.05) is 6.07 Å². The molecule has 1 aromatic carbocycles. The van der Waals surface area contributed by atoms with Gasteiger partial charge in [-0.3, -0.25) is 4.79 Å². The molecule has 0 fully saturated rings. The summed E-state index contributed by atoms with van der Waals surface area (Å²) < 4.78 is 1.19. The van der Waals surface area contributed by atoms with Crippen LogP contribution in [0.2, 0.25) is 0 Å². The SMILES string of the molecule is CCN1C(=O)Cc2c(I)cccc21. The summed E-state index contributed by atoms with van der Waals surface area (Å²) in [5.74, 6) is 0.224. The van der Waals surface area contributed by atoms with Crippen molar-refractivity contribution in [3.63, 3.8) is 0 Å². The molecule has 1 aliphatic rings. The maximum atomic E-state index is 11.5. The molecule has 0 radical (unpaired) electrons. The van der Waals surface area contributed by atoms with Crippen molar-refractivity contribution in [1.29, 1.82) is 0 Å². The molecule has 68 valence electrons. The number of benzene rings is 1. The number of fused-ring (bicyclic) bond motifs is 1. The van der Waals surface area contributed by atoms with Crippen LogP contribution in [0.3, 0.4) is 0 Å². The predicted octanol–water partition coefficient (Wildman–Crippen LogP) is 2.20. The molecular weight excluding hydrogens is 277 g/mol. The lowest BCUT2D eigenvalue weighted by Gasteiger charge is -2.14. The molecule has 0 atom stereocenters. The van der Waals surface area contributed by atoms with Gasteiger partial charge in [-0.05, 0) is 47.2 Å². The molecular formula is C10H10INO. The van der Waals surface area contributed by atoms with Crippen molar-refractivity contribution in [2.75, 3.05) is 11.4 Å². The zero-order valence-corrected chi connectivity index (χ0v) is 9.54. The van der Waals surface area contributed by atoms with Gasteiger partial charge in [0, 0.05) is 15.8 Å². The fourth-order valence-electron chi connectivity index (χ4n) is 1.70. The number of hydrogen-bond donors (Lipinski definition) is 0. The molecule has 0 aliphatic carbocycles. The molecule has 0 bridgehead atoms. The summed E-state index contributed by atoms with van der Waals surface area (Å²) in [4.78, 5) is 13.4. The molecule has 1 aliphatic heterocycles. The first-order chi connectivity index (χ1) is 6.24. The highest BCUT2D eigenvalue weighted by molar-refractivity contribution is 14.1. The smallest absolute Gasteiger partial charge is 0.231 e. The van der Waals surface area contributed by atoms with Crippen molar-refractivity contribution in [2.45, 2.75) is 13.3 Å². The van der Waals surface area contributed by atoms with Crippen molar-refractivity contribution in [2.24, 2.45) is 0 Å². The van der Waals surface area contributed by atoms with Crippen molar-refractivity contribution < 1.29 is 4.79 Å². The number of amides is 1. The Kier molecular flexibility index (Phi) is 2.27. The third-order valence-electron chi connectivity index (χ3n) is 2.33. The number of carbonyl (C=O) groups excluding carboxylic acids is 1. The normalized spacial score (nSPS) is 14.9. The van der Waals surface area contributed by atoms with Crippen molar-refractivity contribution >= 4 is 34.2 Å². The number of halogens is 1. The van der Waals surface area contributed by atoms with Crippen molar-refractivity contribution in [3.05, 3.63) is 27.3 Å². The second-order valence-corrected chi connectivity index (χ2v) is 4.21. The zero-order valence-electron chi connectivity index (χ0n) is 7.38. The van der Waals surface area contributed by atoms with E-state index in [4.69, 9.17) is 0 Å². The highest BCUT2D eigenvalue weighted by atomic mass is 127. The first-order valence-electron chi connectivity index (χ1n) is 4.31. The van der Waals surface area contributed by atoms with Crippen molar-refractivity contribution in [3.8, 4) is 0 Å². The summed E-state index contributed by atoms with van der Waals surface area (Å²) >= 11 is 2.28. The minimum absolute atomic E-state index is 0.224. The van der Waals surface area contributed by atoms with Gasteiger partial charge in [-0.15, -0.1) is 0 Å². The first kappa shape index (κ1) is 8.99. The number of nitrogens with zero attached hydrogens (tertiary/aromatic N) is 1. The Bertz CT molecular complexity index is 362. The van der Waals surface area contributed by atoms with Crippen LogP contribution in [-0.4, -0.2) is 12.5 Å². The number of carbonyl (C=O) groups is 1. The zero-order chi connectivity index (χ0) is 9.42. The van der Waals surface area contributed by atoms with E-state index in [0.717, 1.165) is 12.2 Å². The third-order valence-corrected chi connectivity index (χ3v) is 3.34. The van der Waals surface area contributed by atoms with E-state index in [1.165, 1.54) is 9.13 Å². The van der Waals surface area contributed by atoms with E-state index in [2.05, 4.69) is 22.6 Å². The molecule has 0 unspecified atom stereocenters. The lowest BCUT2D eigenvalue weighted by atomic mass is 10.2. The van der Waals surface area contributed by atoms with Gasteiger partial charge in [0.05, 0.1) is 6.42 Å². The Morgan fingerprint density at radius 2 is 2.31 bits per heavy atom. The average Bonchev–Trinajstić information content (AvgIpc) is 2.43. The van der Waals surface area contributed by atoms with Crippen LogP contribution in [-0.2, 0) is 11.2 Å². The Labute approximate surface area is 91.1 Å². The van der Waals surface area contributed by atoms with E-state index in [1.807, 2.05) is 30.0 Å². The number of hydrogen-bond acceptors (Lipinski definition) is 1. The molecule has 0 aromatic heterocycles. The molecule has 2 nitrogen and oxygen atoms in total. The summed E-state index contributed by atoms with van der Waals surface area (Å²) in [6.45, 7) is 2.78. The van der Waals surface area contributed by atoms with Gasteiger partial charge in [0.2, 0.25) is 5.91 Å². The number of rotatable bonds is 1. The van der Waals surface area contributed by atoms with Crippen LogP contribution in [0, 0.1) is 3.57 Å². The van der Waals surface area contributed by atoms with Crippen molar-refractivity contribution in [1.82, 2.24) is 0 Å². The number of likely N-dealkylation sites (N-methyl/N-ethyl adjacent to an activating group) is 1. The van der Waals surface area contributed by atoms with Crippen LogP contribution < -0.4 is 4.90 Å². The fraction of sp³-hybridized carbons (Fsp3) is 0.300. The Balaban J connectivity index is 2.54. The Hall–Kier alpha value is -0.580. The maximum absolute atomic E-state index is 11.5. The molecule has 13 heavy (non-hydrogen) atoms. The molecule has 0 spiro atoms. The first-order valence-corrected chi connectivity index (χ1v) is 5.39. The lowest BCUT2D eigenvalue weighted by molar-refractivity contribution is -0.117. The molecule has 1 amide bonds. The predicted molar refractivity (Wildman–Crippen MR) is 60.9 cm³/mol. The largest absolute Gasteiger partial charge is 0.312 e. The van der Waals surface area contributed by atoms with Gasteiger partial charge in [0.15, 0.2) is 0 Å². The van der Waals surface area contributed by atoms with Gasteiger partial charge in [0.1, 0.15) is 0 Å². The molecule has 1 heterocycles. The summed E-state index contributed by atoms with van der Waals surface area (Å²) in [7, 11) is 0. The van der Waals surface area contributed by atoms with E-state index < -0.39 is 0 Å². The van der Waals surface area contributed by atoms with Gasteiger partial charge in [0.25, 0.3) is 0 Å². The van der Waals surface area contributed by atoms with E-state index in [1.54, 1.807) is 0 Å². The Morgan fingerprint density at radius 3 is 3.00 bits per heavy atom. The van der Waals surface area contributed by atoms with Gasteiger partial charge in [-0.2, -0.15) is 0 Å². The highest BCUT2D eigenvalue weighted by Crippen LogP contribution is 2.31. The fourth-order valence-corrected chi connectivity index (χ4v) is 2.38. The number of anilines is 1. The van der Waals surface area contributed by atoms with Crippen LogP contribution >= 0.6 is 22.6 Å². The summed E-state index contributed by atoms with van der Waals surface area (Å²) in [5, 5.41) is 0. The minimum atomic E-state index is 0.224. The summed E-state index contributed by atoms with van der Waals surface area (Å²) in [6, 6.07) is 6.07. The van der Waals surface area contributed by atoms with Gasteiger partial charge in [-0.25, -0.2) is 0 Å². The topological polar surface area (TPSA) is 20.3 Å². The molecule has 0 saturated heterocycles. The molecule has 3 heteroatoms. The molecule has 2 rings (SSSR count). The van der Waals surface area contributed by atoms with Crippen LogP contribution in [0.4, 0.5) is 5.69 Å². The van der Waals surface area contributed by atoms with E-state index in [-0.39, 0.29) is 5.91 Å². The van der Waals surface area contributed by atoms with E-state index in [9.17, 15) is 4.79 Å². The quantitative estimate of drug-likeness (QED) is 0.725. The second-order valence-electron chi connectivity index (χ2n) is 3.05. The molecule has 0 saturated carbocycles. The monoisotopic (exact) mass is 287 g/mol. The van der Waals surface area contributed by atoms with Gasteiger partial charge >= 0.3 is 0 Å². The molecule has 1 aromatic rings. The standard InChI is InChI=1S/C10H10INO/c1-2-12-9-5-3-4-8(11)7(9)6-10(12)13/h3-5H,2,6H2,1H3.